The first-order valence-corrected chi connectivity index (χ1v) is 9.13. The summed E-state index contributed by atoms with van der Waals surface area (Å²) in [5.41, 5.74) is 2.82. The van der Waals surface area contributed by atoms with Gasteiger partial charge in [-0.2, -0.15) is 8.42 Å². The minimum absolute atomic E-state index is 0.00907. The van der Waals surface area contributed by atoms with Crippen LogP contribution in [0.25, 0.3) is 0 Å². The van der Waals surface area contributed by atoms with Crippen LogP contribution in [-0.2, 0) is 23.0 Å². The van der Waals surface area contributed by atoms with Gasteiger partial charge in [-0.1, -0.05) is 29.8 Å². The highest BCUT2D eigenvalue weighted by atomic mass is 32.2. The van der Waals surface area contributed by atoms with Gasteiger partial charge in [-0.15, -0.1) is 0 Å². The summed E-state index contributed by atoms with van der Waals surface area (Å²) >= 11 is 0. The minimum Gasteiger partial charge on any atom is -0.494 e. The van der Waals surface area contributed by atoms with Crippen LogP contribution in [0, 0.1) is 6.92 Å². The molecule has 0 amide bonds. The number of rotatable bonds is 7. The first kappa shape index (κ1) is 17.5. The van der Waals surface area contributed by atoms with E-state index in [-0.39, 0.29) is 4.90 Å². The molecule has 2 aromatic carbocycles. The van der Waals surface area contributed by atoms with Gasteiger partial charge in [0.25, 0.3) is 10.1 Å². The molecule has 0 aliphatic heterocycles. The van der Waals surface area contributed by atoms with Crippen molar-refractivity contribution in [3.63, 3.8) is 0 Å². The van der Waals surface area contributed by atoms with Crippen molar-refractivity contribution in [2.24, 2.45) is 0 Å². The summed E-state index contributed by atoms with van der Waals surface area (Å²) in [7, 11) is -4.17. The lowest BCUT2D eigenvalue weighted by Gasteiger charge is -2.09. The SMILES string of the molecule is CCOc1ccc(CCCc2cc(C)ccc2S(=O)(=O)O)cc1. The zero-order chi connectivity index (χ0) is 16.9. The Morgan fingerprint density at radius 1 is 1.04 bits per heavy atom. The van der Waals surface area contributed by atoms with E-state index in [4.69, 9.17) is 4.74 Å². The lowest BCUT2D eigenvalue weighted by molar-refractivity contribution is 0.340. The summed E-state index contributed by atoms with van der Waals surface area (Å²) in [5, 5.41) is 0. The van der Waals surface area contributed by atoms with Crippen molar-refractivity contribution in [2.75, 3.05) is 6.61 Å². The molecule has 0 saturated carbocycles. The lowest BCUT2D eigenvalue weighted by Crippen LogP contribution is -2.04. The van der Waals surface area contributed by atoms with Crippen LogP contribution < -0.4 is 4.74 Å². The second kappa shape index (κ2) is 7.62. The van der Waals surface area contributed by atoms with Crippen molar-refractivity contribution in [3.8, 4) is 5.75 Å². The summed E-state index contributed by atoms with van der Waals surface area (Å²) in [4.78, 5) is 0.00907. The molecule has 1 N–H and O–H groups in total. The first-order valence-electron chi connectivity index (χ1n) is 7.69. The Bertz CT molecular complexity index is 749. The number of hydrogen-bond donors (Lipinski definition) is 1. The van der Waals surface area contributed by atoms with Gasteiger partial charge in [0.15, 0.2) is 0 Å². The molecule has 0 aromatic heterocycles. The second-order valence-corrected chi connectivity index (χ2v) is 6.91. The molecular weight excluding hydrogens is 312 g/mol. The minimum atomic E-state index is -4.17. The second-order valence-electron chi connectivity index (χ2n) is 5.52. The molecule has 23 heavy (non-hydrogen) atoms. The van der Waals surface area contributed by atoms with Gasteiger partial charge in [-0.3, -0.25) is 4.55 Å². The fourth-order valence-corrected chi connectivity index (χ4v) is 3.29. The summed E-state index contributed by atoms with van der Waals surface area (Å²) < 4.78 is 37.6. The molecule has 0 bridgehead atoms. The van der Waals surface area contributed by atoms with E-state index in [2.05, 4.69) is 0 Å². The fourth-order valence-electron chi connectivity index (χ4n) is 2.56. The normalized spacial score (nSPS) is 11.4. The molecule has 0 unspecified atom stereocenters. The molecule has 0 aliphatic carbocycles. The van der Waals surface area contributed by atoms with E-state index in [0.29, 0.717) is 18.6 Å². The third-order valence-electron chi connectivity index (χ3n) is 3.64. The van der Waals surface area contributed by atoms with Crippen LogP contribution in [0.15, 0.2) is 47.4 Å². The fraction of sp³-hybridized carbons (Fsp3) is 0.333. The maximum atomic E-state index is 11.4. The van der Waals surface area contributed by atoms with Gasteiger partial charge in [0.05, 0.1) is 11.5 Å². The van der Waals surface area contributed by atoms with Crippen molar-refractivity contribution in [1.82, 2.24) is 0 Å². The quantitative estimate of drug-likeness (QED) is 0.782. The van der Waals surface area contributed by atoms with Gasteiger partial charge in [0.1, 0.15) is 5.75 Å². The van der Waals surface area contributed by atoms with Gasteiger partial charge in [-0.25, -0.2) is 0 Å². The van der Waals surface area contributed by atoms with Crippen molar-refractivity contribution in [3.05, 3.63) is 59.2 Å². The van der Waals surface area contributed by atoms with E-state index < -0.39 is 10.1 Å². The summed E-state index contributed by atoms with van der Waals surface area (Å²) in [5.74, 6) is 0.851. The van der Waals surface area contributed by atoms with E-state index in [1.54, 1.807) is 6.07 Å². The Hall–Kier alpha value is -1.85. The molecule has 0 fully saturated rings. The molecule has 5 heteroatoms. The van der Waals surface area contributed by atoms with Crippen LogP contribution in [0.5, 0.6) is 5.75 Å². The van der Waals surface area contributed by atoms with Crippen LogP contribution in [-0.4, -0.2) is 19.6 Å². The highest BCUT2D eigenvalue weighted by Gasteiger charge is 2.15. The Kier molecular flexibility index (Phi) is 5.80. The van der Waals surface area contributed by atoms with E-state index in [1.807, 2.05) is 44.2 Å². The maximum Gasteiger partial charge on any atom is 0.294 e. The van der Waals surface area contributed by atoms with Gasteiger partial charge < -0.3 is 4.74 Å². The topological polar surface area (TPSA) is 63.6 Å². The Morgan fingerprint density at radius 2 is 1.74 bits per heavy atom. The Balaban J connectivity index is 2.02. The smallest absolute Gasteiger partial charge is 0.294 e. The van der Waals surface area contributed by atoms with E-state index in [0.717, 1.165) is 24.2 Å². The first-order chi connectivity index (χ1) is 10.9. The van der Waals surface area contributed by atoms with Gasteiger partial charge in [0.2, 0.25) is 0 Å². The zero-order valence-electron chi connectivity index (χ0n) is 13.5. The van der Waals surface area contributed by atoms with E-state index >= 15 is 0 Å². The highest BCUT2D eigenvalue weighted by Crippen LogP contribution is 2.20. The average Bonchev–Trinajstić information content (AvgIpc) is 2.48. The molecule has 0 atom stereocenters. The standard InChI is InChI=1S/C18H22O4S/c1-3-22-17-10-8-15(9-11-17)5-4-6-16-13-14(2)7-12-18(16)23(19,20)21/h7-13H,3-6H2,1-2H3,(H,19,20,21). The van der Waals surface area contributed by atoms with Crippen molar-refractivity contribution >= 4 is 10.1 Å². The molecule has 0 aliphatic rings. The number of benzene rings is 2. The van der Waals surface area contributed by atoms with Crippen molar-refractivity contribution in [2.45, 2.75) is 38.0 Å². The van der Waals surface area contributed by atoms with Gasteiger partial charge in [-0.05, 0) is 62.4 Å². The molecule has 0 saturated heterocycles. The molecule has 2 aromatic rings. The van der Waals surface area contributed by atoms with Crippen LogP contribution in [0.2, 0.25) is 0 Å². The molecule has 0 radical (unpaired) electrons. The third kappa shape index (κ3) is 5.08. The Morgan fingerprint density at radius 3 is 2.35 bits per heavy atom. The predicted octanol–water partition coefficient (Wildman–Crippen LogP) is 3.82. The largest absolute Gasteiger partial charge is 0.494 e. The summed E-state index contributed by atoms with van der Waals surface area (Å²) in [6.07, 6.45) is 2.25. The van der Waals surface area contributed by atoms with Crippen LogP contribution in [0.1, 0.15) is 30.0 Å². The highest BCUT2D eigenvalue weighted by molar-refractivity contribution is 7.85. The lowest BCUT2D eigenvalue weighted by atomic mass is 10.0. The van der Waals surface area contributed by atoms with Crippen LogP contribution in [0.3, 0.4) is 0 Å². The van der Waals surface area contributed by atoms with Crippen molar-refractivity contribution in [1.29, 1.82) is 0 Å². The van der Waals surface area contributed by atoms with Gasteiger partial charge >= 0.3 is 0 Å². The number of aryl methyl sites for hydroxylation is 3. The summed E-state index contributed by atoms with van der Waals surface area (Å²) in [6.45, 7) is 4.50. The molecule has 2 rings (SSSR count). The van der Waals surface area contributed by atoms with E-state index in [9.17, 15) is 13.0 Å². The monoisotopic (exact) mass is 334 g/mol. The Labute approximate surface area is 137 Å². The van der Waals surface area contributed by atoms with Crippen LogP contribution in [0.4, 0.5) is 0 Å². The molecular formula is C18H22O4S. The van der Waals surface area contributed by atoms with Crippen molar-refractivity contribution < 1.29 is 17.7 Å². The molecule has 0 heterocycles. The van der Waals surface area contributed by atoms with Crippen LogP contribution >= 0.6 is 0 Å². The predicted molar refractivity (Wildman–Crippen MR) is 90.6 cm³/mol. The maximum absolute atomic E-state index is 11.4. The third-order valence-corrected chi connectivity index (χ3v) is 4.59. The molecule has 4 nitrogen and oxygen atoms in total. The zero-order valence-corrected chi connectivity index (χ0v) is 14.3. The molecule has 0 spiro atoms. The summed E-state index contributed by atoms with van der Waals surface area (Å²) in [6, 6.07) is 12.9. The number of ether oxygens (including phenoxy) is 1. The number of hydrogen-bond acceptors (Lipinski definition) is 3. The average molecular weight is 334 g/mol. The van der Waals surface area contributed by atoms with E-state index in [1.165, 1.54) is 11.6 Å². The molecule has 124 valence electrons. The van der Waals surface area contributed by atoms with Gasteiger partial charge in [0, 0.05) is 0 Å².